The number of hydrogen-bond donors (Lipinski definition) is 0. The molecule has 0 radical (unpaired) electrons. The van der Waals surface area contributed by atoms with Crippen molar-refractivity contribution >= 4 is 29.3 Å². The van der Waals surface area contributed by atoms with Crippen molar-refractivity contribution < 1.29 is 23.5 Å². The average molecular weight is 453 g/mol. The van der Waals surface area contributed by atoms with E-state index in [0.717, 1.165) is 16.8 Å². The summed E-state index contributed by atoms with van der Waals surface area (Å²) in [6, 6.07) is 14.6. The summed E-state index contributed by atoms with van der Waals surface area (Å²) in [5.74, 6) is -0.212. The number of hydrogen-bond acceptors (Lipinski definition) is 6. The Morgan fingerprint density at radius 3 is 2.62 bits per heavy atom. The average Bonchev–Trinajstić information content (AvgIpc) is 3.17. The molecule has 1 saturated heterocycles. The van der Waals surface area contributed by atoms with Gasteiger partial charge in [0, 0.05) is 12.8 Å². The largest absolute Gasteiger partial charge is 0.421 e. The van der Waals surface area contributed by atoms with E-state index in [-0.39, 0.29) is 17.1 Å². The summed E-state index contributed by atoms with van der Waals surface area (Å²) < 4.78 is 23.8. The van der Waals surface area contributed by atoms with E-state index in [2.05, 4.69) is 4.98 Å². The van der Waals surface area contributed by atoms with Crippen molar-refractivity contribution in [1.29, 1.82) is 0 Å². The Morgan fingerprint density at radius 2 is 1.97 bits per heavy atom. The topological polar surface area (TPSA) is 68.7 Å². The molecule has 2 heterocycles. The second-order valence-electron chi connectivity index (χ2n) is 7.29. The number of ether oxygens (including phenoxy) is 2. The van der Waals surface area contributed by atoms with Gasteiger partial charge in [-0.25, -0.2) is 9.18 Å². The Balaban J connectivity index is 1.53. The molecule has 0 saturated carbocycles. The van der Waals surface area contributed by atoms with E-state index in [1.807, 2.05) is 6.92 Å². The summed E-state index contributed by atoms with van der Waals surface area (Å²) in [5, 5.41) is -0.253. The van der Waals surface area contributed by atoms with E-state index in [9.17, 15) is 14.0 Å². The normalized spacial score (nSPS) is 15.8. The summed E-state index contributed by atoms with van der Waals surface area (Å²) in [6.07, 6.45) is 1.47. The highest BCUT2D eigenvalue weighted by atomic mass is 32.2. The number of pyridine rings is 1. The first kappa shape index (κ1) is 22.0. The molecule has 0 bridgehead atoms. The molecule has 32 heavy (non-hydrogen) atoms. The van der Waals surface area contributed by atoms with Crippen molar-refractivity contribution in [2.24, 2.45) is 0 Å². The number of halogens is 1. The van der Waals surface area contributed by atoms with Crippen molar-refractivity contribution in [3.8, 4) is 5.75 Å². The van der Waals surface area contributed by atoms with Gasteiger partial charge in [0.15, 0.2) is 0 Å². The molecule has 1 aromatic heterocycles. The molecule has 1 aliphatic heterocycles. The van der Waals surface area contributed by atoms with Crippen molar-refractivity contribution in [2.45, 2.75) is 18.9 Å². The van der Waals surface area contributed by atoms with Crippen molar-refractivity contribution in [3.63, 3.8) is 0 Å². The van der Waals surface area contributed by atoms with E-state index >= 15 is 0 Å². The monoisotopic (exact) mass is 452 g/mol. The number of carbonyl (C=O) groups excluding carboxylic acids is 2. The number of carbonyl (C=O) groups is 2. The van der Waals surface area contributed by atoms with Crippen LogP contribution in [0.4, 0.5) is 10.1 Å². The molecule has 0 N–H and O–H groups in total. The highest BCUT2D eigenvalue weighted by Gasteiger charge is 2.35. The molecule has 1 unspecified atom stereocenters. The smallest absolute Gasteiger partial charge is 0.343 e. The molecule has 1 atom stereocenters. The SMILES string of the molecule is COCc1ccc(OC(=O)c2ccc(N3C(=O)CSC3c3ccc(F)cc3)c(C)c2)cn1. The third kappa shape index (κ3) is 4.66. The van der Waals surface area contributed by atoms with Crippen LogP contribution >= 0.6 is 11.8 Å². The Labute approximate surface area is 189 Å². The summed E-state index contributed by atoms with van der Waals surface area (Å²) in [5.41, 5.74) is 3.41. The molecule has 0 aliphatic carbocycles. The Morgan fingerprint density at radius 1 is 1.19 bits per heavy atom. The van der Waals surface area contributed by atoms with Gasteiger partial charge in [-0.2, -0.15) is 0 Å². The molecule has 1 fully saturated rings. The number of aryl methyl sites for hydroxylation is 1. The number of benzene rings is 2. The van der Waals surface area contributed by atoms with Crippen LogP contribution in [-0.4, -0.2) is 29.7 Å². The van der Waals surface area contributed by atoms with Gasteiger partial charge >= 0.3 is 5.97 Å². The standard InChI is InChI=1S/C24H21FN2O4S/c1-15-11-17(24(29)31-20-9-8-19(13-30-2)26-12-20)5-10-21(15)27-22(28)14-32-23(27)16-3-6-18(25)7-4-16/h3-12,23H,13-14H2,1-2H3. The zero-order valence-corrected chi connectivity index (χ0v) is 18.4. The number of anilines is 1. The van der Waals surface area contributed by atoms with Crippen LogP contribution in [0, 0.1) is 12.7 Å². The van der Waals surface area contributed by atoms with E-state index in [1.165, 1.54) is 30.1 Å². The fraction of sp³-hybridized carbons (Fsp3) is 0.208. The van der Waals surface area contributed by atoms with Crippen molar-refractivity contribution in [1.82, 2.24) is 4.98 Å². The van der Waals surface area contributed by atoms with Gasteiger partial charge in [-0.3, -0.25) is 14.7 Å². The lowest BCUT2D eigenvalue weighted by Crippen LogP contribution is -2.28. The zero-order chi connectivity index (χ0) is 22.7. The number of nitrogens with zero attached hydrogens (tertiary/aromatic N) is 2. The molecule has 2 aromatic carbocycles. The van der Waals surface area contributed by atoms with Crippen LogP contribution in [0.15, 0.2) is 60.8 Å². The van der Waals surface area contributed by atoms with Crippen molar-refractivity contribution in [3.05, 3.63) is 89.0 Å². The fourth-order valence-electron chi connectivity index (χ4n) is 3.48. The molecule has 8 heteroatoms. The van der Waals surface area contributed by atoms with Crippen LogP contribution in [0.5, 0.6) is 5.75 Å². The van der Waals surface area contributed by atoms with Crippen LogP contribution in [-0.2, 0) is 16.1 Å². The molecular weight excluding hydrogens is 431 g/mol. The Kier molecular flexibility index (Phi) is 6.53. The number of rotatable bonds is 6. The van der Waals surface area contributed by atoms with E-state index in [0.29, 0.717) is 29.4 Å². The second-order valence-corrected chi connectivity index (χ2v) is 8.36. The van der Waals surface area contributed by atoms with Gasteiger partial charge in [0.1, 0.15) is 16.9 Å². The van der Waals surface area contributed by atoms with Crippen LogP contribution in [0.25, 0.3) is 0 Å². The van der Waals surface area contributed by atoms with Crippen LogP contribution in [0.1, 0.15) is 32.6 Å². The predicted octanol–water partition coefficient (Wildman–Crippen LogP) is 4.67. The minimum absolute atomic E-state index is 0.0371. The first-order chi connectivity index (χ1) is 15.5. The van der Waals surface area contributed by atoms with Gasteiger partial charge in [-0.05, 0) is 60.5 Å². The highest BCUT2D eigenvalue weighted by molar-refractivity contribution is 8.00. The van der Waals surface area contributed by atoms with Crippen LogP contribution in [0.3, 0.4) is 0 Å². The maximum Gasteiger partial charge on any atom is 0.343 e. The number of methoxy groups -OCH3 is 1. The zero-order valence-electron chi connectivity index (χ0n) is 17.6. The summed E-state index contributed by atoms with van der Waals surface area (Å²) in [7, 11) is 1.58. The molecule has 1 amide bonds. The molecule has 0 spiro atoms. The third-order valence-corrected chi connectivity index (χ3v) is 6.23. The minimum Gasteiger partial charge on any atom is -0.421 e. The first-order valence-electron chi connectivity index (χ1n) is 9.92. The van der Waals surface area contributed by atoms with Crippen LogP contribution in [0.2, 0.25) is 0 Å². The minimum atomic E-state index is -0.516. The van der Waals surface area contributed by atoms with E-state index in [4.69, 9.17) is 9.47 Å². The van der Waals surface area contributed by atoms with E-state index < -0.39 is 5.97 Å². The third-order valence-electron chi connectivity index (χ3n) is 5.02. The number of thioether (sulfide) groups is 1. The van der Waals surface area contributed by atoms with Gasteiger partial charge < -0.3 is 9.47 Å². The lowest BCUT2D eigenvalue weighted by Gasteiger charge is -2.26. The van der Waals surface area contributed by atoms with Crippen molar-refractivity contribution in [2.75, 3.05) is 17.8 Å². The summed E-state index contributed by atoms with van der Waals surface area (Å²) >= 11 is 1.48. The highest BCUT2D eigenvalue weighted by Crippen LogP contribution is 2.42. The maximum absolute atomic E-state index is 13.3. The number of amides is 1. The van der Waals surface area contributed by atoms with Gasteiger partial charge in [-0.1, -0.05) is 12.1 Å². The lowest BCUT2D eigenvalue weighted by molar-refractivity contribution is -0.115. The Bertz CT molecular complexity index is 1140. The summed E-state index contributed by atoms with van der Waals surface area (Å²) in [4.78, 5) is 31.1. The molecule has 164 valence electrons. The van der Waals surface area contributed by atoms with E-state index in [1.54, 1.807) is 54.5 Å². The molecule has 3 aromatic rings. The van der Waals surface area contributed by atoms with Gasteiger partial charge in [-0.15, -0.1) is 11.8 Å². The number of esters is 1. The number of aromatic nitrogens is 1. The lowest BCUT2D eigenvalue weighted by atomic mass is 10.1. The molecule has 4 rings (SSSR count). The molecule has 6 nitrogen and oxygen atoms in total. The quantitative estimate of drug-likeness (QED) is 0.506. The van der Waals surface area contributed by atoms with Crippen LogP contribution < -0.4 is 9.64 Å². The Hall–Kier alpha value is -3.23. The molecular formula is C24H21FN2O4S. The van der Waals surface area contributed by atoms with Gasteiger partial charge in [0.05, 0.1) is 29.8 Å². The predicted molar refractivity (Wildman–Crippen MR) is 120 cm³/mol. The molecule has 1 aliphatic rings. The van der Waals surface area contributed by atoms with Gasteiger partial charge in [0.2, 0.25) is 5.91 Å². The second kappa shape index (κ2) is 9.50. The maximum atomic E-state index is 13.3. The summed E-state index contributed by atoms with van der Waals surface area (Å²) in [6.45, 7) is 2.21. The fourth-order valence-corrected chi connectivity index (χ4v) is 4.65. The van der Waals surface area contributed by atoms with Gasteiger partial charge in [0.25, 0.3) is 0 Å². The first-order valence-corrected chi connectivity index (χ1v) is 11.0.